The number of nitrogens with zero attached hydrogens (tertiary/aromatic N) is 1. The summed E-state index contributed by atoms with van der Waals surface area (Å²) >= 11 is 0. The Kier molecular flexibility index (Phi) is 6.94. The molecule has 0 radical (unpaired) electrons. The van der Waals surface area contributed by atoms with E-state index in [0.717, 1.165) is 17.4 Å². The van der Waals surface area contributed by atoms with Gasteiger partial charge >= 0.3 is 0 Å². The molecule has 1 atom stereocenters. The quantitative estimate of drug-likeness (QED) is 0.549. The number of amides is 1. The first-order valence-electron chi connectivity index (χ1n) is 10.2. The monoisotopic (exact) mass is 486 g/mol. The molecule has 3 rings (SSSR count). The number of nitrogens with one attached hydrogen (secondary N) is 1. The summed E-state index contributed by atoms with van der Waals surface area (Å²) in [6.45, 7) is 3.68. The van der Waals surface area contributed by atoms with Crippen molar-refractivity contribution in [2.45, 2.75) is 29.7 Å². The van der Waals surface area contributed by atoms with E-state index in [2.05, 4.69) is 5.32 Å². The fourth-order valence-corrected chi connectivity index (χ4v) is 5.02. The second-order valence-electron chi connectivity index (χ2n) is 7.87. The molecule has 0 fully saturated rings. The zero-order valence-corrected chi connectivity index (χ0v) is 20.4. The van der Waals surface area contributed by atoms with Crippen molar-refractivity contribution < 1.29 is 21.6 Å². The molecule has 174 valence electrons. The highest BCUT2D eigenvalue weighted by atomic mass is 32.2. The van der Waals surface area contributed by atoms with Gasteiger partial charge in [0.05, 0.1) is 21.5 Å². The van der Waals surface area contributed by atoms with Gasteiger partial charge in [0.1, 0.15) is 0 Å². The van der Waals surface area contributed by atoms with Crippen LogP contribution in [0.15, 0.2) is 82.6 Å². The fraction of sp³-hybridized carbons (Fsp3) is 0.208. The van der Waals surface area contributed by atoms with Gasteiger partial charge in [0.15, 0.2) is 9.84 Å². The van der Waals surface area contributed by atoms with Crippen LogP contribution in [0, 0.1) is 6.92 Å². The molecule has 0 saturated carbocycles. The highest BCUT2D eigenvalue weighted by Crippen LogP contribution is 2.23. The van der Waals surface area contributed by atoms with Crippen LogP contribution >= 0.6 is 0 Å². The smallest absolute Gasteiger partial charge is 0.264 e. The molecule has 1 N–H and O–H groups in total. The molecule has 0 unspecified atom stereocenters. The predicted molar refractivity (Wildman–Crippen MR) is 129 cm³/mol. The number of hydrogen-bond donors (Lipinski definition) is 1. The van der Waals surface area contributed by atoms with Crippen LogP contribution in [0.2, 0.25) is 0 Å². The van der Waals surface area contributed by atoms with Crippen molar-refractivity contribution in [2.75, 3.05) is 17.6 Å². The van der Waals surface area contributed by atoms with Gasteiger partial charge in [-0.15, -0.1) is 0 Å². The Morgan fingerprint density at radius 1 is 0.818 bits per heavy atom. The molecule has 0 spiro atoms. The van der Waals surface area contributed by atoms with Gasteiger partial charge in [0.2, 0.25) is 0 Å². The SMILES string of the molecule is Cc1ccc(S(=O)(=O)N(C)c2ccc(C(=O)N[C@H](C)c3ccc(S(C)(=O)=O)cc3)cc2)cc1. The zero-order valence-electron chi connectivity index (χ0n) is 18.8. The number of aryl methyl sites for hydroxylation is 1. The molecule has 3 aromatic carbocycles. The number of anilines is 1. The standard InChI is InChI=1S/C24H26N2O5S2/c1-17-5-13-23(14-6-17)33(30,31)26(3)21-11-7-20(8-12-21)24(27)25-18(2)19-9-15-22(16-10-19)32(4,28)29/h5-16,18H,1-4H3,(H,25,27)/t18-/m1/s1. The minimum Gasteiger partial charge on any atom is -0.346 e. The maximum atomic E-state index is 12.9. The average Bonchev–Trinajstić information content (AvgIpc) is 2.78. The van der Waals surface area contributed by atoms with Gasteiger partial charge in [-0.3, -0.25) is 9.10 Å². The molecule has 0 saturated heterocycles. The van der Waals surface area contributed by atoms with Gasteiger partial charge in [-0.1, -0.05) is 29.8 Å². The molecule has 9 heteroatoms. The number of sulfonamides is 1. The Morgan fingerprint density at radius 3 is 1.85 bits per heavy atom. The Labute approximate surface area is 195 Å². The highest BCUT2D eigenvalue weighted by molar-refractivity contribution is 7.92. The van der Waals surface area contributed by atoms with Gasteiger partial charge in [0, 0.05) is 18.9 Å². The number of carbonyl (C=O) groups is 1. The van der Waals surface area contributed by atoms with Crippen LogP contribution in [0.3, 0.4) is 0 Å². The van der Waals surface area contributed by atoms with Crippen molar-refractivity contribution in [1.82, 2.24) is 5.32 Å². The third-order valence-electron chi connectivity index (χ3n) is 5.33. The van der Waals surface area contributed by atoms with E-state index in [1.807, 2.05) is 6.92 Å². The molecule has 0 aliphatic carbocycles. The molecule has 7 nitrogen and oxygen atoms in total. The first-order chi connectivity index (χ1) is 15.4. The Bertz CT molecular complexity index is 1350. The van der Waals surface area contributed by atoms with Crippen LogP contribution in [0.1, 0.15) is 34.5 Å². The fourth-order valence-electron chi connectivity index (χ4n) is 3.20. The maximum Gasteiger partial charge on any atom is 0.264 e. The lowest BCUT2D eigenvalue weighted by Gasteiger charge is -2.20. The number of benzene rings is 3. The molecule has 0 aromatic heterocycles. The number of hydrogen-bond acceptors (Lipinski definition) is 5. The zero-order chi connectivity index (χ0) is 24.4. The lowest BCUT2D eigenvalue weighted by Crippen LogP contribution is -2.28. The largest absolute Gasteiger partial charge is 0.346 e. The maximum absolute atomic E-state index is 12.9. The van der Waals surface area contributed by atoms with Crippen LogP contribution < -0.4 is 9.62 Å². The summed E-state index contributed by atoms with van der Waals surface area (Å²) in [4.78, 5) is 13.0. The van der Waals surface area contributed by atoms with Crippen LogP contribution in [0.25, 0.3) is 0 Å². The molecule has 33 heavy (non-hydrogen) atoms. The van der Waals surface area contributed by atoms with E-state index < -0.39 is 19.9 Å². The van der Waals surface area contributed by atoms with E-state index in [1.165, 1.54) is 23.5 Å². The van der Waals surface area contributed by atoms with Crippen LogP contribution in [-0.2, 0) is 19.9 Å². The van der Waals surface area contributed by atoms with Gasteiger partial charge in [0.25, 0.3) is 15.9 Å². The molecule has 3 aromatic rings. The molecule has 0 aliphatic heterocycles. The van der Waals surface area contributed by atoms with Gasteiger partial charge in [-0.2, -0.15) is 0 Å². The second-order valence-corrected chi connectivity index (χ2v) is 11.9. The van der Waals surface area contributed by atoms with Crippen molar-refractivity contribution in [3.63, 3.8) is 0 Å². The average molecular weight is 487 g/mol. The first-order valence-corrected chi connectivity index (χ1v) is 13.5. The summed E-state index contributed by atoms with van der Waals surface area (Å²) in [7, 11) is -5.54. The Balaban J connectivity index is 1.71. The van der Waals surface area contributed by atoms with Crippen LogP contribution in [0.5, 0.6) is 0 Å². The summed E-state index contributed by atoms with van der Waals surface area (Å²) in [5, 5.41) is 2.86. The number of carbonyl (C=O) groups excluding carboxylic acids is 1. The number of sulfone groups is 1. The van der Waals surface area contributed by atoms with Crippen LogP contribution in [-0.4, -0.2) is 36.0 Å². The van der Waals surface area contributed by atoms with Crippen molar-refractivity contribution >= 4 is 31.5 Å². The van der Waals surface area contributed by atoms with Crippen LogP contribution in [0.4, 0.5) is 5.69 Å². The lowest BCUT2D eigenvalue weighted by molar-refractivity contribution is 0.0940. The van der Waals surface area contributed by atoms with Gasteiger partial charge < -0.3 is 5.32 Å². The van der Waals surface area contributed by atoms with E-state index in [4.69, 9.17) is 0 Å². The summed E-state index contributed by atoms with van der Waals surface area (Å²) in [6, 6.07) is 18.9. The minimum absolute atomic E-state index is 0.188. The third kappa shape index (κ3) is 5.61. The topological polar surface area (TPSA) is 101 Å². The molecule has 0 bridgehead atoms. The predicted octanol–water partition coefficient (Wildman–Crippen LogP) is 3.71. The minimum atomic E-state index is -3.72. The molecule has 0 heterocycles. The molecule has 0 aliphatic rings. The lowest BCUT2D eigenvalue weighted by atomic mass is 10.1. The van der Waals surface area contributed by atoms with E-state index in [1.54, 1.807) is 67.6 Å². The summed E-state index contributed by atoms with van der Waals surface area (Å²) in [6.07, 6.45) is 1.14. The van der Waals surface area contributed by atoms with Gasteiger partial charge in [-0.05, 0) is 67.9 Å². The van der Waals surface area contributed by atoms with Crippen molar-refractivity contribution in [2.24, 2.45) is 0 Å². The molecule has 1 amide bonds. The first kappa shape index (κ1) is 24.5. The van der Waals surface area contributed by atoms with Gasteiger partial charge in [-0.25, -0.2) is 16.8 Å². The summed E-state index contributed by atoms with van der Waals surface area (Å²) in [5.74, 6) is -0.328. The highest BCUT2D eigenvalue weighted by Gasteiger charge is 2.21. The van der Waals surface area contributed by atoms with Crippen molar-refractivity contribution in [1.29, 1.82) is 0 Å². The third-order valence-corrected chi connectivity index (χ3v) is 8.26. The summed E-state index contributed by atoms with van der Waals surface area (Å²) < 4.78 is 50.1. The Hall–Kier alpha value is -3.17. The van der Waals surface area contributed by atoms with E-state index >= 15 is 0 Å². The van der Waals surface area contributed by atoms with Crippen molar-refractivity contribution in [3.05, 3.63) is 89.5 Å². The molecular weight excluding hydrogens is 460 g/mol. The van der Waals surface area contributed by atoms with Crippen molar-refractivity contribution in [3.8, 4) is 0 Å². The summed E-state index contributed by atoms with van der Waals surface area (Å²) in [5.41, 5.74) is 2.53. The molecular formula is C24H26N2O5S2. The second kappa shape index (κ2) is 9.36. The number of rotatable bonds is 7. The van der Waals surface area contributed by atoms with E-state index in [0.29, 0.717) is 11.3 Å². The Morgan fingerprint density at radius 2 is 1.33 bits per heavy atom. The van der Waals surface area contributed by atoms with E-state index in [-0.39, 0.29) is 21.7 Å². The van der Waals surface area contributed by atoms with E-state index in [9.17, 15) is 21.6 Å². The normalized spacial score (nSPS) is 12.7.